The number of likely N-dealkylation sites (tertiary alicyclic amines) is 1. The van der Waals surface area contributed by atoms with E-state index in [0.717, 1.165) is 57.9 Å². The van der Waals surface area contributed by atoms with Gasteiger partial charge in [-0.2, -0.15) is 4.98 Å². The van der Waals surface area contributed by atoms with Gasteiger partial charge in [0, 0.05) is 45.2 Å². The highest BCUT2D eigenvalue weighted by Crippen LogP contribution is 2.25. The molecule has 2 aliphatic rings. The number of rotatable bonds is 6. The Morgan fingerprint density at radius 1 is 1.28 bits per heavy atom. The van der Waals surface area contributed by atoms with Crippen molar-refractivity contribution in [3.05, 3.63) is 11.7 Å². The first-order chi connectivity index (χ1) is 12.3. The van der Waals surface area contributed by atoms with E-state index < -0.39 is 0 Å². The smallest absolute Gasteiger partial charge is 0.317 e. The summed E-state index contributed by atoms with van der Waals surface area (Å²) in [6.07, 6.45) is 4.49. The van der Waals surface area contributed by atoms with Crippen molar-refractivity contribution in [2.24, 2.45) is 0 Å². The van der Waals surface area contributed by atoms with Gasteiger partial charge in [-0.05, 0) is 32.6 Å². The molecule has 3 rings (SSSR count). The van der Waals surface area contributed by atoms with Crippen LogP contribution in [0.5, 0.6) is 0 Å². The lowest BCUT2D eigenvalue weighted by molar-refractivity contribution is 0.0158. The number of aromatic nitrogens is 2. The van der Waals surface area contributed by atoms with Crippen LogP contribution < -0.4 is 5.32 Å². The molecule has 2 aliphatic heterocycles. The Balaban J connectivity index is 1.35. The molecule has 0 bridgehead atoms. The summed E-state index contributed by atoms with van der Waals surface area (Å²) in [6.45, 7) is 6.19. The Kier molecular flexibility index (Phi) is 6.63. The number of nitrogens with one attached hydrogen (secondary N) is 1. The van der Waals surface area contributed by atoms with Crippen molar-refractivity contribution < 1.29 is 18.8 Å². The van der Waals surface area contributed by atoms with Crippen LogP contribution in [0.3, 0.4) is 0 Å². The van der Waals surface area contributed by atoms with Gasteiger partial charge in [-0.15, -0.1) is 0 Å². The maximum atomic E-state index is 11.8. The highest BCUT2D eigenvalue weighted by Gasteiger charge is 2.24. The minimum absolute atomic E-state index is 0.0217. The lowest BCUT2D eigenvalue weighted by atomic mass is 10.0. The van der Waals surface area contributed by atoms with E-state index in [4.69, 9.17) is 14.0 Å². The molecule has 0 saturated carbocycles. The molecule has 1 aromatic rings. The highest BCUT2D eigenvalue weighted by atomic mass is 16.5. The molecule has 0 unspecified atom stereocenters. The summed E-state index contributed by atoms with van der Waals surface area (Å²) in [6, 6.07) is 0.0217. The summed E-state index contributed by atoms with van der Waals surface area (Å²) in [5.74, 6) is 1.77. The largest absolute Gasteiger partial charge is 0.381 e. The van der Waals surface area contributed by atoms with Crippen LogP contribution in [0.15, 0.2) is 4.52 Å². The first-order valence-corrected chi connectivity index (χ1v) is 9.31. The van der Waals surface area contributed by atoms with Gasteiger partial charge in [-0.25, -0.2) is 4.79 Å². The van der Waals surface area contributed by atoms with Gasteiger partial charge < -0.3 is 24.2 Å². The second-order valence-electron chi connectivity index (χ2n) is 6.58. The first kappa shape index (κ1) is 18.1. The van der Waals surface area contributed by atoms with E-state index in [2.05, 4.69) is 15.5 Å². The molecular weight excluding hydrogens is 324 g/mol. The Bertz CT molecular complexity index is 537. The van der Waals surface area contributed by atoms with Gasteiger partial charge in [-0.3, -0.25) is 0 Å². The molecule has 2 saturated heterocycles. The van der Waals surface area contributed by atoms with Crippen molar-refractivity contribution in [3.63, 3.8) is 0 Å². The molecule has 1 aromatic heterocycles. The van der Waals surface area contributed by atoms with Gasteiger partial charge in [0.15, 0.2) is 5.82 Å². The topological polar surface area (TPSA) is 89.7 Å². The molecule has 3 heterocycles. The number of hydrogen-bond acceptors (Lipinski definition) is 6. The van der Waals surface area contributed by atoms with Crippen molar-refractivity contribution in [2.75, 3.05) is 39.5 Å². The molecule has 0 aliphatic carbocycles. The number of amides is 2. The zero-order valence-corrected chi connectivity index (χ0v) is 14.9. The number of piperidine rings is 1. The van der Waals surface area contributed by atoms with Gasteiger partial charge >= 0.3 is 6.03 Å². The molecule has 0 atom stereocenters. The van der Waals surface area contributed by atoms with E-state index in [0.29, 0.717) is 31.3 Å². The second-order valence-corrected chi connectivity index (χ2v) is 6.58. The van der Waals surface area contributed by atoms with Crippen LogP contribution in [0.1, 0.15) is 50.2 Å². The van der Waals surface area contributed by atoms with Crippen LogP contribution in [-0.2, 0) is 15.9 Å². The van der Waals surface area contributed by atoms with Crippen molar-refractivity contribution in [1.82, 2.24) is 20.4 Å². The third-order valence-corrected chi connectivity index (χ3v) is 4.79. The normalized spacial score (nSPS) is 20.0. The molecule has 8 nitrogen and oxygen atoms in total. The minimum atomic E-state index is 0.0217. The van der Waals surface area contributed by atoms with E-state index in [1.165, 1.54) is 0 Å². The van der Waals surface area contributed by atoms with E-state index in [1.807, 2.05) is 11.8 Å². The van der Waals surface area contributed by atoms with Crippen molar-refractivity contribution in [1.29, 1.82) is 0 Å². The average molecular weight is 352 g/mol. The first-order valence-electron chi connectivity index (χ1n) is 9.31. The van der Waals surface area contributed by atoms with Gasteiger partial charge in [0.25, 0.3) is 0 Å². The monoisotopic (exact) mass is 352 g/mol. The van der Waals surface area contributed by atoms with Crippen molar-refractivity contribution >= 4 is 6.03 Å². The highest BCUT2D eigenvalue weighted by molar-refractivity contribution is 5.74. The summed E-state index contributed by atoms with van der Waals surface area (Å²) < 4.78 is 16.7. The predicted molar refractivity (Wildman–Crippen MR) is 90.4 cm³/mol. The fourth-order valence-corrected chi connectivity index (χ4v) is 3.28. The second kappa shape index (κ2) is 9.15. The fourth-order valence-electron chi connectivity index (χ4n) is 3.28. The molecule has 0 aromatic carbocycles. The third-order valence-electron chi connectivity index (χ3n) is 4.79. The molecule has 2 fully saturated rings. The van der Waals surface area contributed by atoms with Crippen LogP contribution in [-0.4, -0.2) is 66.6 Å². The standard InChI is InChI=1S/C17H28N4O4/c1-2-18-17(22)21-8-3-14(4-9-21)24-12-7-15-19-16(25-20-15)13-5-10-23-11-6-13/h13-14H,2-12H2,1H3,(H,18,22). The van der Waals surface area contributed by atoms with Crippen molar-refractivity contribution in [2.45, 2.75) is 51.0 Å². The molecule has 25 heavy (non-hydrogen) atoms. The average Bonchev–Trinajstić information content (AvgIpc) is 3.12. The zero-order valence-electron chi connectivity index (χ0n) is 14.9. The predicted octanol–water partition coefficient (Wildman–Crippen LogP) is 1.72. The molecule has 140 valence electrons. The molecule has 1 N–H and O–H groups in total. The number of hydrogen-bond donors (Lipinski definition) is 1. The van der Waals surface area contributed by atoms with Crippen molar-refractivity contribution in [3.8, 4) is 0 Å². The van der Waals surface area contributed by atoms with Crippen LogP contribution in [0.25, 0.3) is 0 Å². The van der Waals surface area contributed by atoms with Gasteiger partial charge in [-0.1, -0.05) is 5.16 Å². The SMILES string of the molecule is CCNC(=O)N1CCC(OCCc2noc(C3CCOCC3)n2)CC1. The van der Waals surface area contributed by atoms with E-state index in [-0.39, 0.29) is 12.1 Å². The summed E-state index contributed by atoms with van der Waals surface area (Å²) in [5, 5.41) is 6.90. The lowest BCUT2D eigenvalue weighted by Crippen LogP contribution is -2.45. The molecule has 8 heteroatoms. The minimum Gasteiger partial charge on any atom is -0.381 e. The Morgan fingerprint density at radius 3 is 2.76 bits per heavy atom. The Labute approximate surface area is 148 Å². The maximum absolute atomic E-state index is 11.8. The lowest BCUT2D eigenvalue weighted by Gasteiger charge is -2.31. The van der Waals surface area contributed by atoms with Gasteiger partial charge in [0.05, 0.1) is 12.7 Å². The molecule has 2 amide bonds. The van der Waals surface area contributed by atoms with E-state index >= 15 is 0 Å². The molecule has 0 spiro atoms. The van der Waals surface area contributed by atoms with Gasteiger partial charge in [0.1, 0.15) is 0 Å². The molecule has 0 radical (unpaired) electrons. The van der Waals surface area contributed by atoms with E-state index in [9.17, 15) is 4.79 Å². The quantitative estimate of drug-likeness (QED) is 0.838. The van der Waals surface area contributed by atoms with Crippen LogP contribution in [0, 0.1) is 0 Å². The number of nitrogens with zero attached hydrogens (tertiary/aromatic N) is 3. The summed E-state index contributed by atoms with van der Waals surface area (Å²) >= 11 is 0. The number of urea groups is 1. The van der Waals surface area contributed by atoms with Gasteiger partial charge in [0.2, 0.25) is 5.89 Å². The van der Waals surface area contributed by atoms with Crippen LogP contribution in [0.4, 0.5) is 4.79 Å². The zero-order chi connectivity index (χ0) is 17.5. The Morgan fingerprint density at radius 2 is 2.04 bits per heavy atom. The fraction of sp³-hybridized carbons (Fsp3) is 0.824. The number of carbonyl (C=O) groups is 1. The summed E-state index contributed by atoms with van der Waals surface area (Å²) in [4.78, 5) is 18.1. The van der Waals surface area contributed by atoms with Crippen LogP contribution in [0.2, 0.25) is 0 Å². The Hall–Kier alpha value is -1.67. The number of ether oxygens (including phenoxy) is 2. The maximum Gasteiger partial charge on any atom is 0.317 e. The van der Waals surface area contributed by atoms with E-state index in [1.54, 1.807) is 0 Å². The summed E-state index contributed by atoms with van der Waals surface area (Å²) in [7, 11) is 0. The number of carbonyl (C=O) groups excluding carboxylic acids is 1. The van der Waals surface area contributed by atoms with Crippen LogP contribution >= 0.6 is 0 Å². The third kappa shape index (κ3) is 5.15. The summed E-state index contributed by atoms with van der Waals surface area (Å²) in [5.41, 5.74) is 0. The molecular formula is C17H28N4O4.